The van der Waals surface area contributed by atoms with E-state index >= 15 is 0 Å². The summed E-state index contributed by atoms with van der Waals surface area (Å²) in [5.74, 6) is -1.27. The maximum Gasteiger partial charge on any atom is 0.410 e. The predicted molar refractivity (Wildman–Crippen MR) is 210 cm³/mol. The van der Waals surface area contributed by atoms with Crippen LogP contribution in [-0.2, 0) is 32.0 Å². The highest BCUT2D eigenvalue weighted by atomic mass is 32.2. The first-order chi connectivity index (χ1) is 25.7. The molecule has 0 aliphatic carbocycles. The lowest BCUT2D eigenvalue weighted by atomic mass is 10.0. The number of hydrogen-bond acceptors (Lipinski definition) is 10. The van der Waals surface area contributed by atoms with E-state index in [4.69, 9.17) is 14.2 Å². The third-order valence-corrected chi connectivity index (χ3v) is 10.3. The van der Waals surface area contributed by atoms with Crippen LogP contribution < -0.4 is 20.7 Å². The standard InChI is InChI=1S/C40H42N4O8S2/c1-24(34(45)43-37-33(38(48)51-6)30-19-20-44(23-32(30)54-37)39(49)52-40(2,3)4)53-29-14-10-13-27(22-29)41-36(47)31(21-25-15-17-28(50-5)18-16-25)42-35(46)26-11-8-7-9-12-26/h7-18,21-22,24H,19-20,23H2,1-6H3,(H,41,47)(H,42,46)(H,43,45)/b31-21+. The molecule has 0 radical (unpaired) electrons. The molecule has 282 valence electrons. The van der Waals surface area contributed by atoms with Gasteiger partial charge in [-0.2, -0.15) is 0 Å². The van der Waals surface area contributed by atoms with E-state index in [1.54, 1.807) is 119 Å². The molecule has 1 aliphatic rings. The van der Waals surface area contributed by atoms with Gasteiger partial charge in [-0.25, -0.2) is 9.59 Å². The van der Waals surface area contributed by atoms with Gasteiger partial charge in [0.2, 0.25) is 5.91 Å². The maximum atomic E-state index is 13.6. The molecule has 1 aromatic heterocycles. The molecule has 14 heteroatoms. The fourth-order valence-corrected chi connectivity index (χ4v) is 7.60. The van der Waals surface area contributed by atoms with Crippen molar-refractivity contribution < 1.29 is 38.2 Å². The van der Waals surface area contributed by atoms with E-state index in [1.165, 1.54) is 30.2 Å². The quantitative estimate of drug-likeness (QED) is 0.0807. The van der Waals surface area contributed by atoms with Crippen LogP contribution in [0.25, 0.3) is 6.08 Å². The van der Waals surface area contributed by atoms with Gasteiger partial charge >= 0.3 is 12.1 Å². The summed E-state index contributed by atoms with van der Waals surface area (Å²) in [7, 11) is 2.84. The second-order valence-corrected chi connectivity index (χ2v) is 15.8. The van der Waals surface area contributed by atoms with Gasteiger partial charge in [-0.1, -0.05) is 36.4 Å². The highest BCUT2D eigenvalue weighted by Gasteiger charge is 2.33. The first kappa shape index (κ1) is 39.6. The highest BCUT2D eigenvalue weighted by molar-refractivity contribution is 8.00. The van der Waals surface area contributed by atoms with Crippen molar-refractivity contribution in [2.75, 3.05) is 31.4 Å². The Morgan fingerprint density at radius 1 is 0.926 bits per heavy atom. The lowest BCUT2D eigenvalue weighted by molar-refractivity contribution is -0.115. The summed E-state index contributed by atoms with van der Waals surface area (Å²) in [6, 6.07) is 22.6. The molecule has 4 amide bonds. The normalized spacial score (nSPS) is 13.2. The molecule has 1 unspecified atom stereocenters. The smallest absolute Gasteiger partial charge is 0.410 e. The number of thiophene rings is 1. The number of rotatable bonds is 11. The number of hydrogen-bond donors (Lipinski definition) is 3. The average molecular weight is 771 g/mol. The Morgan fingerprint density at radius 3 is 2.31 bits per heavy atom. The molecule has 1 atom stereocenters. The third-order valence-electron chi connectivity index (χ3n) is 8.06. The van der Waals surface area contributed by atoms with Crippen molar-refractivity contribution in [2.45, 2.75) is 56.4 Å². The van der Waals surface area contributed by atoms with Crippen molar-refractivity contribution in [3.05, 3.63) is 112 Å². The molecule has 4 aromatic rings. The molecule has 0 saturated heterocycles. The Kier molecular flexibility index (Phi) is 12.8. The van der Waals surface area contributed by atoms with Gasteiger partial charge in [-0.15, -0.1) is 23.1 Å². The zero-order valence-electron chi connectivity index (χ0n) is 30.8. The molecule has 12 nitrogen and oxygen atoms in total. The van der Waals surface area contributed by atoms with E-state index in [0.29, 0.717) is 45.4 Å². The number of nitrogens with one attached hydrogen (secondary N) is 3. The summed E-state index contributed by atoms with van der Waals surface area (Å²) in [6.07, 6.45) is 1.53. The SMILES string of the molecule is COC(=O)c1c(NC(=O)C(C)Sc2cccc(NC(=O)/C(=C\c3ccc(OC)cc3)NC(=O)c3ccccc3)c2)sc2c1CCN(C(=O)OC(C)(C)C)C2. The van der Waals surface area contributed by atoms with Gasteiger partial charge in [0.05, 0.1) is 31.6 Å². The highest BCUT2D eigenvalue weighted by Crippen LogP contribution is 2.39. The van der Waals surface area contributed by atoms with Crippen LogP contribution in [0.2, 0.25) is 0 Å². The molecule has 3 N–H and O–H groups in total. The number of esters is 1. The number of amides is 4. The minimum atomic E-state index is -0.653. The summed E-state index contributed by atoms with van der Waals surface area (Å²) < 4.78 is 15.8. The zero-order chi connectivity index (χ0) is 39.0. The number of fused-ring (bicyclic) bond motifs is 1. The molecule has 5 rings (SSSR count). The van der Waals surface area contributed by atoms with E-state index in [9.17, 15) is 24.0 Å². The summed E-state index contributed by atoms with van der Waals surface area (Å²) >= 11 is 2.49. The van der Waals surface area contributed by atoms with Crippen molar-refractivity contribution >= 4 is 69.6 Å². The Balaban J connectivity index is 1.28. The summed E-state index contributed by atoms with van der Waals surface area (Å²) in [5.41, 5.74) is 1.90. The van der Waals surface area contributed by atoms with E-state index < -0.39 is 34.7 Å². The van der Waals surface area contributed by atoms with Crippen LogP contribution in [0.3, 0.4) is 0 Å². The molecule has 0 saturated carbocycles. The molecule has 54 heavy (non-hydrogen) atoms. The number of carbonyl (C=O) groups excluding carboxylic acids is 5. The van der Waals surface area contributed by atoms with Crippen molar-refractivity contribution in [1.29, 1.82) is 0 Å². The zero-order valence-corrected chi connectivity index (χ0v) is 32.4. The topological polar surface area (TPSA) is 152 Å². The molecule has 2 heterocycles. The molecular formula is C40H42N4O8S2. The van der Waals surface area contributed by atoms with Gasteiger partial charge in [0.25, 0.3) is 11.8 Å². The summed E-state index contributed by atoms with van der Waals surface area (Å²) in [5, 5.41) is 8.23. The van der Waals surface area contributed by atoms with Crippen molar-refractivity contribution in [3.8, 4) is 5.75 Å². The Hall–Kier alpha value is -5.60. The number of carbonyl (C=O) groups is 5. The van der Waals surface area contributed by atoms with Crippen LogP contribution >= 0.6 is 23.1 Å². The fourth-order valence-electron chi connectivity index (χ4n) is 5.42. The number of thioether (sulfide) groups is 1. The van der Waals surface area contributed by atoms with E-state index in [0.717, 1.165) is 10.4 Å². The largest absolute Gasteiger partial charge is 0.497 e. The number of nitrogens with zero attached hydrogens (tertiary/aromatic N) is 1. The lowest BCUT2D eigenvalue weighted by Gasteiger charge is -2.30. The molecule has 0 spiro atoms. The first-order valence-electron chi connectivity index (χ1n) is 17.1. The molecule has 3 aromatic carbocycles. The fraction of sp³-hybridized carbons (Fsp3) is 0.275. The number of ether oxygens (including phenoxy) is 3. The lowest BCUT2D eigenvalue weighted by Crippen LogP contribution is -2.39. The number of anilines is 2. The minimum Gasteiger partial charge on any atom is -0.497 e. The van der Waals surface area contributed by atoms with Crippen molar-refractivity contribution in [1.82, 2.24) is 10.2 Å². The Bertz CT molecular complexity index is 2060. The van der Waals surface area contributed by atoms with Crippen LogP contribution in [0.1, 0.15) is 64.4 Å². The third kappa shape index (κ3) is 10.3. The van der Waals surface area contributed by atoms with Crippen molar-refractivity contribution in [3.63, 3.8) is 0 Å². The van der Waals surface area contributed by atoms with Crippen LogP contribution in [0.5, 0.6) is 5.75 Å². The predicted octanol–water partition coefficient (Wildman–Crippen LogP) is 7.37. The second kappa shape index (κ2) is 17.5. The Morgan fingerprint density at radius 2 is 1.65 bits per heavy atom. The Labute approximate surface area is 322 Å². The van der Waals surface area contributed by atoms with E-state index in [1.807, 2.05) is 6.07 Å². The first-order valence-corrected chi connectivity index (χ1v) is 18.8. The number of methoxy groups -OCH3 is 2. The summed E-state index contributed by atoms with van der Waals surface area (Å²) in [6.45, 7) is 7.72. The van der Waals surface area contributed by atoms with Crippen LogP contribution in [-0.4, -0.2) is 66.3 Å². The molecule has 0 fully saturated rings. The van der Waals surface area contributed by atoms with Crippen LogP contribution in [0, 0.1) is 0 Å². The van der Waals surface area contributed by atoms with Gasteiger partial charge < -0.3 is 35.1 Å². The van der Waals surface area contributed by atoms with Gasteiger partial charge in [-0.3, -0.25) is 14.4 Å². The van der Waals surface area contributed by atoms with Gasteiger partial charge in [0.1, 0.15) is 22.0 Å². The van der Waals surface area contributed by atoms with Gasteiger partial charge in [0, 0.05) is 27.6 Å². The van der Waals surface area contributed by atoms with Crippen LogP contribution in [0.15, 0.2) is 89.5 Å². The van der Waals surface area contributed by atoms with Gasteiger partial charge in [-0.05, 0) is 93.8 Å². The average Bonchev–Trinajstić information content (AvgIpc) is 3.51. The maximum absolute atomic E-state index is 13.6. The van der Waals surface area contributed by atoms with Crippen molar-refractivity contribution in [2.24, 2.45) is 0 Å². The molecule has 0 bridgehead atoms. The second-order valence-electron chi connectivity index (χ2n) is 13.2. The monoisotopic (exact) mass is 770 g/mol. The molecule has 1 aliphatic heterocycles. The van der Waals surface area contributed by atoms with Crippen LogP contribution in [0.4, 0.5) is 15.5 Å². The summed E-state index contributed by atoms with van der Waals surface area (Å²) in [4.78, 5) is 68.9. The molecular weight excluding hydrogens is 729 g/mol. The number of benzene rings is 3. The minimum absolute atomic E-state index is 0.0223. The van der Waals surface area contributed by atoms with Gasteiger partial charge in [0.15, 0.2) is 0 Å². The van der Waals surface area contributed by atoms with E-state index in [2.05, 4.69) is 16.0 Å². The van der Waals surface area contributed by atoms with E-state index in [-0.39, 0.29) is 23.7 Å².